The van der Waals surface area contributed by atoms with Gasteiger partial charge in [-0.05, 0) is 36.8 Å². The number of aromatic nitrogens is 3. The highest BCUT2D eigenvalue weighted by Crippen LogP contribution is 2.31. The Morgan fingerprint density at radius 1 is 1.06 bits per heavy atom. The number of hydrogen-bond donors (Lipinski definition) is 4. The van der Waals surface area contributed by atoms with Gasteiger partial charge in [-0.2, -0.15) is 18.3 Å². The van der Waals surface area contributed by atoms with Crippen LogP contribution in [-0.2, 0) is 6.18 Å². The summed E-state index contributed by atoms with van der Waals surface area (Å²) < 4.78 is 40.8. The Balaban J connectivity index is 2.04. The summed E-state index contributed by atoms with van der Waals surface area (Å²) in [4.78, 5) is 41.0. The first-order valence-electron chi connectivity index (χ1n) is 9.60. The number of carbonyl (C=O) groups is 3. The van der Waals surface area contributed by atoms with E-state index in [1.807, 2.05) is 0 Å². The van der Waals surface area contributed by atoms with Gasteiger partial charge in [0.05, 0.1) is 16.3 Å². The Hall–Kier alpha value is -3.84. The van der Waals surface area contributed by atoms with Crippen molar-refractivity contribution in [3.8, 4) is 5.82 Å². The van der Waals surface area contributed by atoms with E-state index in [0.717, 1.165) is 0 Å². The molecule has 0 radical (unpaired) electrons. The highest BCUT2D eigenvalue weighted by Gasteiger charge is 2.36. The third-order valence-corrected chi connectivity index (χ3v) is 4.99. The van der Waals surface area contributed by atoms with Crippen LogP contribution in [0.3, 0.4) is 0 Å². The van der Waals surface area contributed by atoms with Gasteiger partial charge >= 0.3 is 12.2 Å². The summed E-state index contributed by atoms with van der Waals surface area (Å²) in [6.07, 6.45) is -3.60. The molecule has 2 aromatic heterocycles. The topological polar surface area (TPSA) is 130 Å². The lowest BCUT2D eigenvalue weighted by Crippen LogP contribution is -2.46. The molecule has 0 bridgehead atoms. The van der Waals surface area contributed by atoms with Gasteiger partial charge in [-0.1, -0.05) is 23.2 Å². The maximum Gasteiger partial charge on any atom is 0.435 e. The standard InChI is InChI=1S/C20H16Cl2F3N7O3/c1-9-6-10(21)7-11(17(33)29-30-19(35)26-2)15(9)28-18(34)13-8-14(20(23,24)25)31-32(13)16-12(22)4-3-5-27-16/h3-8H,1-2H3,(H,28,34)(H,29,33)(H2,26,30,35). The first kappa shape index (κ1) is 25.8. The number of hydrazine groups is 1. The molecule has 0 atom stereocenters. The average Bonchev–Trinajstić information content (AvgIpc) is 3.25. The van der Waals surface area contributed by atoms with Crippen LogP contribution in [0.25, 0.3) is 5.82 Å². The molecule has 0 aliphatic rings. The highest BCUT2D eigenvalue weighted by atomic mass is 35.5. The van der Waals surface area contributed by atoms with Crippen LogP contribution < -0.4 is 21.5 Å². The maximum atomic E-state index is 13.4. The van der Waals surface area contributed by atoms with E-state index in [2.05, 4.69) is 31.6 Å². The summed E-state index contributed by atoms with van der Waals surface area (Å²) in [7, 11) is 1.32. The average molecular weight is 530 g/mol. The number of hydrogen-bond acceptors (Lipinski definition) is 5. The molecule has 0 aliphatic carbocycles. The minimum atomic E-state index is -4.87. The minimum Gasteiger partial charge on any atom is -0.340 e. The smallest absolute Gasteiger partial charge is 0.340 e. The summed E-state index contributed by atoms with van der Waals surface area (Å²) in [5.41, 5.74) is 2.36. The largest absolute Gasteiger partial charge is 0.435 e. The van der Waals surface area contributed by atoms with Crippen LogP contribution in [0, 0.1) is 6.92 Å². The van der Waals surface area contributed by atoms with Gasteiger partial charge in [-0.25, -0.2) is 19.9 Å². The monoisotopic (exact) mass is 529 g/mol. The van der Waals surface area contributed by atoms with Crippen LogP contribution in [0.1, 0.15) is 32.1 Å². The van der Waals surface area contributed by atoms with E-state index in [1.54, 1.807) is 0 Å². The number of nitrogens with one attached hydrogen (secondary N) is 4. The van der Waals surface area contributed by atoms with Crippen LogP contribution in [0.4, 0.5) is 23.7 Å². The van der Waals surface area contributed by atoms with Crippen LogP contribution in [0.15, 0.2) is 36.5 Å². The molecule has 4 N–H and O–H groups in total. The van der Waals surface area contributed by atoms with Gasteiger partial charge in [-0.15, -0.1) is 0 Å². The molecule has 3 aromatic rings. The quantitative estimate of drug-likeness (QED) is 0.382. The molecule has 3 rings (SSSR count). The van der Waals surface area contributed by atoms with Gasteiger partial charge in [0.25, 0.3) is 11.8 Å². The van der Waals surface area contributed by atoms with E-state index < -0.39 is 35.4 Å². The predicted octanol–water partition coefficient (Wildman–Crippen LogP) is 3.73. The first-order valence-corrected chi connectivity index (χ1v) is 10.4. The fraction of sp³-hybridized carbons (Fsp3) is 0.150. The molecule has 10 nitrogen and oxygen atoms in total. The van der Waals surface area contributed by atoms with Crippen molar-refractivity contribution in [3.63, 3.8) is 0 Å². The fourth-order valence-corrected chi connectivity index (χ4v) is 3.36. The summed E-state index contributed by atoms with van der Waals surface area (Å²) in [6, 6.07) is 5.25. The highest BCUT2D eigenvalue weighted by molar-refractivity contribution is 6.32. The number of carbonyl (C=O) groups excluding carboxylic acids is 3. The first-order chi connectivity index (χ1) is 16.4. The van der Waals surface area contributed by atoms with Gasteiger partial charge < -0.3 is 10.6 Å². The molecule has 0 unspecified atom stereocenters. The second-order valence-electron chi connectivity index (χ2n) is 6.89. The molecular formula is C20H16Cl2F3N7O3. The second-order valence-corrected chi connectivity index (χ2v) is 7.73. The summed E-state index contributed by atoms with van der Waals surface area (Å²) >= 11 is 12.1. The zero-order valence-electron chi connectivity index (χ0n) is 17.9. The van der Waals surface area contributed by atoms with Crippen molar-refractivity contribution in [1.29, 1.82) is 0 Å². The van der Waals surface area contributed by atoms with Crippen molar-refractivity contribution < 1.29 is 27.6 Å². The number of nitrogens with zero attached hydrogens (tertiary/aromatic N) is 3. The molecule has 0 aliphatic heterocycles. The summed E-state index contributed by atoms with van der Waals surface area (Å²) in [6.45, 7) is 1.51. The molecule has 15 heteroatoms. The van der Waals surface area contributed by atoms with E-state index in [0.29, 0.717) is 16.3 Å². The molecular weight excluding hydrogens is 514 g/mol. The third-order valence-electron chi connectivity index (χ3n) is 4.47. The van der Waals surface area contributed by atoms with E-state index in [-0.39, 0.29) is 27.1 Å². The number of anilines is 1. The molecule has 2 heterocycles. The molecule has 1 aromatic carbocycles. The number of benzene rings is 1. The zero-order chi connectivity index (χ0) is 25.9. The Bertz CT molecular complexity index is 1310. The predicted molar refractivity (Wildman–Crippen MR) is 121 cm³/mol. The molecule has 0 spiro atoms. The van der Waals surface area contributed by atoms with E-state index >= 15 is 0 Å². The second kappa shape index (κ2) is 10.2. The lowest BCUT2D eigenvalue weighted by Gasteiger charge is -2.15. The SMILES string of the molecule is CNC(=O)NNC(=O)c1cc(Cl)cc(C)c1NC(=O)c1cc(C(F)(F)F)nn1-c1ncccc1Cl. The van der Waals surface area contributed by atoms with Crippen molar-refractivity contribution >= 4 is 46.7 Å². The van der Waals surface area contributed by atoms with Crippen LogP contribution in [0.2, 0.25) is 10.0 Å². The number of halogens is 5. The Kier molecular flexibility index (Phi) is 7.51. The number of pyridine rings is 1. The van der Waals surface area contributed by atoms with Crippen molar-refractivity contribution in [3.05, 3.63) is 69.1 Å². The van der Waals surface area contributed by atoms with E-state index in [1.165, 1.54) is 44.4 Å². The maximum absolute atomic E-state index is 13.4. The van der Waals surface area contributed by atoms with Crippen LogP contribution in [0.5, 0.6) is 0 Å². The molecule has 4 amide bonds. The van der Waals surface area contributed by atoms with E-state index in [9.17, 15) is 27.6 Å². The summed E-state index contributed by atoms with van der Waals surface area (Å²) in [5, 5.41) is 8.18. The molecule has 0 fully saturated rings. The molecule has 0 saturated carbocycles. The number of aryl methyl sites for hydroxylation is 1. The Morgan fingerprint density at radius 3 is 2.40 bits per heavy atom. The molecule has 0 saturated heterocycles. The van der Waals surface area contributed by atoms with E-state index in [4.69, 9.17) is 23.2 Å². The van der Waals surface area contributed by atoms with Gasteiger partial charge in [0.15, 0.2) is 11.5 Å². The van der Waals surface area contributed by atoms with Gasteiger partial charge in [0.2, 0.25) is 0 Å². The number of alkyl halides is 3. The van der Waals surface area contributed by atoms with Crippen molar-refractivity contribution in [2.75, 3.05) is 12.4 Å². The minimum absolute atomic E-state index is 0.0543. The van der Waals surface area contributed by atoms with Gasteiger partial charge in [0, 0.05) is 24.3 Å². The normalized spacial score (nSPS) is 11.1. The van der Waals surface area contributed by atoms with Crippen molar-refractivity contribution in [2.45, 2.75) is 13.1 Å². The lowest BCUT2D eigenvalue weighted by molar-refractivity contribution is -0.141. The lowest BCUT2D eigenvalue weighted by atomic mass is 10.1. The summed E-state index contributed by atoms with van der Waals surface area (Å²) in [5.74, 6) is -2.12. The van der Waals surface area contributed by atoms with Gasteiger partial charge in [-0.3, -0.25) is 15.0 Å². The van der Waals surface area contributed by atoms with Crippen LogP contribution in [-0.4, -0.2) is 39.7 Å². The zero-order valence-corrected chi connectivity index (χ0v) is 19.4. The Morgan fingerprint density at radius 2 is 1.77 bits per heavy atom. The number of urea groups is 1. The van der Waals surface area contributed by atoms with Crippen LogP contribution >= 0.6 is 23.2 Å². The molecule has 35 heavy (non-hydrogen) atoms. The van der Waals surface area contributed by atoms with Gasteiger partial charge in [0.1, 0.15) is 5.69 Å². The number of amides is 4. The van der Waals surface area contributed by atoms with Crippen molar-refractivity contribution in [2.24, 2.45) is 0 Å². The Labute approximate surface area is 205 Å². The van der Waals surface area contributed by atoms with Crippen molar-refractivity contribution in [1.82, 2.24) is 30.9 Å². The fourth-order valence-electron chi connectivity index (χ4n) is 2.89. The number of rotatable bonds is 4. The third kappa shape index (κ3) is 5.81. The molecule has 184 valence electrons.